The number of carbonyl (C=O) groups is 3. The molecule has 0 saturated carbocycles. The number of hydrogen-bond acceptors (Lipinski definition) is 8. The van der Waals surface area contributed by atoms with Crippen molar-refractivity contribution in [1.29, 1.82) is 0 Å². The molecule has 0 atom stereocenters. The van der Waals surface area contributed by atoms with Crippen LogP contribution in [-0.4, -0.2) is 38.9 Å². The largest absolute Gasteiger partial charge is 0.493 e. The highest BCUT2D eigenvalue weighted by Gasteiger charge is 2.13. The predicted octanol–water partition coefficient (Wildman–Crippen LogP) is 3.17. The van der Waals surface area contributed by atoms with Crippen LogP contribution in [0.25, 0.3) is 6.08 Å². The second-order valence-corrected chi connectivity index (χ2v) is 5.61. The first-order valence-corrected chi connectivity index (χ1v) is 8.65. The van der Waals surface area contributed by atoms with E-state index in [1.807, 2.05) is 0 Å². The molecule has 0 aliphatic carbocycles. The zero-order valence-corrected chi connectivity index (χ0v) is 16.5. The van der Waals surface area contributed by atoms with Crippen molar-refractivity contribution < 1.29 is 38.1 Å². The molecule has 0 radical (unpaired) electrons. The van der Waals surface area contributed by atoms with Crippen molar-refractivity contribution >= 4 is 24.0 Å². The second kappa shape index (κ2) is 11.1. The minimum absolute atomic E-state index is 0.217. The van der Waals surface area contributed by atoms with E-state index in [0.717, 1.165) is 6.08 Å². The number of esters is 3. The summed E-state index contributed by atoms with van der Waals surface area (Å²) in [4.78, 5) is 34.5. The van der Waals surface area contributed by atoms with Gasteiger partial charge in [0.1, 0.15) is 5.75 Å². The van der Waals surface area contributed by atoms with Gasteiger partial charge in [-0.2, -0.15) is 0 Å². The Morgan fingerprint density at radius 1 is 0.967 bits per heavy atom. The average Bonchev–Trinajstić information content (AvgIpc) is 2.78. The second-order valence-electron chi connectivity index (χ2n) is 5.61. The maximum Gasteiger partial charge on any atom is 0.343 e. The van der Waals surface area contributed by atoms with Crippen molar-refractivity contribution in [3.63, 3.8) is 0 Å². The van der Waals surface area contributed by atoms with Gasteiger partial charge in [0.2, 0.25) is 6.79 Å². The zero-order chi connectivity index (χ0) is 21.9. The molecule has 0 aliphatic heterocycles. The Morgan fingerprint density at radius 2 is 1.70 bits per heavy atom. The highest BCUT2D eigenvalue weighted by atomic mass is 16.7. The maximum atomic E-state index is 12.4. The first-order chi connectivity index (χ1) is 14.5. The number of methoxy groups -OCH3 is 2. The lowest BCUT2D eigenvalue weighted by atomic mass is 10.2. The van der Waals surface area contributed by atoms with E-state index >= 15 is 0 Å². The lowest BCUT2D eigenvalue weighted by Crippen LogP contribution is -2.10. The predicted molar refractivity (Wildman–Crippen MR) is 107 cm³/mol. The Bertz CT molecular complexity index is 944. The van der Waals surface area contributed by atoms with Crippen LogP contribution in [-0.2, 0) is 19.1 Å². The van der Waals surface area contributed by atoms with Crippen LogP contribution in [0.1, 0.15) is 15.9 Å². The molecule has 0 aromatic heterocycles. The summed E-state index contributed by atoms with van der Waals surface area (Å²) in [6.45, 7) is 3.00. The number of hydrogen-bond donors (Lipinski definition) is 0. The fourth-order valence-electron chi connectivity index (χ4n) is 2.17. The van der Waals surface area contributed by atoms with Crippen molar-refractivity contribution in [2.45, 2.75) is 0 Å². The van der Waals surface area contributed by atoms with Crippen molar-refractivity contribution in [2.75, 3.05) is 21.0 Å². The third-order valence-corrected chi connectivity index (χ3v) is 3.69. The van der Waals surface area contributed by atoms with Gasteiger partial charge in [0.15, 0.2) is 11.5 Å². The summed E-state index contributed by atoms with van der Waals surface area (Å²) >= 11 is 0. The van der Waals surface area contributed by atoms with E-state index in [1.54, 1.807) is 24.3 Å². The van der Waals surface area contributed by atoms with Gasteiger partial charge in [-0.3, -0.25) is 0 Å². The van der Waals surface area contributed by atoms with Crippen LogP contribution in [0.3, 0.4) is 0 Å². The van der Waals surface area contributed by atoms with Crippen molar-refractivity contribution in [2.24, 2.45) is 0 Å². The molecule has 8 nitrogen and oxygen atoms in total. The summed E-state index contributed by atoms with van der Waals surface area (Å²) in [5, 5.41) is 0. The Hall–Kier alpha value is -4.07. The van der Waals surface area contributed by atoms with Gasteiger partial charge in [-0.1, -0.05) is 12.6 Å². The topological polar surface area (TPSA) is 97.4 Å². The summed E-state index contributed by atoms with van der Waals surface area (Å²) in [6.07, 6.45) is 3.84. The molecule has 2 rings (SSSR count). The van der Waals surface area contributed by atoms with Crippen LogP contribution < -0.4 is 14.2 Å². The first-order valence-electron chi connectivity index (χ1n) is 8.65. The first kappa shape index (κ1) is 22.2. The van der Waals surface area contributed by atoms with E-state index < -0.39 is 17.9 Å². The number of carbonyl (C=O) groups excluding carboxylic acids is 3. The van der Waals surface area contributed by atoms with Gasteiger partial charge < -0.3 is 23.7 Å². The van der Waals surface area contributed by atoms with E-state index in [0.29, 0.717) is 17.1 Å². The number of benzene rings is 2. The fraction of sp³-hybridized carbons (Fsp3) is 0.136. The quantitative estimate of drug-likeness (QED) is 0.268. The lowest BCUT2D eigenvalue weighted by molar-refractivity contribution is -0.144. The van der Waals surface area contributed by atoms with E-state index in [9.17, 15) is 14.4 Å². The molecule has 30 heavy (non-hydrogen) atoms. The van der Waals surface area contributed by atoms with Crippen LogP contribution in [0.15, 0.2) is 61.2 Å². The minimum atomic E-state index is -0.601. The van der Waals surface area contributed by atoms with E-state index in [1.165, 1.54) is 44.6 Å². The van der Waals surface area contributed by atoms with Gasteiger partial charge in [0.05, 0.1) is 19.8 Å². The van der Waals surface area contributed by atoms with Crippen LogP contribution in [0.4, 0.5) is 0 Å². The van der Waals surface area contributed by atoms with Gasteiger partial charge in [0.25, 0.3) is 0 Å². The molecule has 0 amide bonds. The standard InChI is InChI=1S/C22H20O8/c1-4-20(23)29-14-28-17-9-7-16(8-10-17)22(25)30-18-11-5-15(13-19(18)26-2)6-12-21(24)27-3/h4-13H,1,14H2,2-3H3/b12-6+. The normalized spacial score (nSPS) is 10.2. The van der Waals surface area contributed by atoms with E-state index in [-0.39, 0.29) is 18.1 Å². The molecule has 0 fully saturated rings. The molecule has 156 valence electrons. The van der Waals surface area contributed by atoms with Crippen LogP contribution in [0.5, 0.6) is 17.2 Å². The van der Waals surface area contributed by atoms with Crippen molar-refractivity contribution in [3.05, 3.63) is 72.3 Å². The molecule has 2 aromatic carbocycles. The molecule has 0 aliphatic rings. The monoisotopic (exact) mass is 412 g/mol. The van der Waals surface area contributed by atoms with Crippen molar-refractivity contribution in [1.82, 2.24) is 0 Å². The molecular formula is C22H20O8. The van der Waals surface area contributed by atoms with Crippen LogP contribution in [0, 0.1) is 0 Å². The summed E-state index contributed by atoms with van der Waals surface area (Å²) in [7, 11) is 2.72. The van der Waals surface area contributed by atoms with Crippen LogP contribution in [0.2, 0.25) is 0 Å². The Morgan fingerprint density at radius 3 is 2.33 bits per heavy atom. The van der Waals surface area contributed by atoms with Gasteiger partial charge in [-0.25, -0.2) is 14.4 Å². The van der Waals surface area contributed by atoms with Crippen molar-refractivity contribution in [3.8, 4) is 17.2 Å². The molecule has 0 saturated heterocycles. The zero-order valence-electron chi connectivity index (χ0n) is 16.5. The fourth-order valence-corrected chi connectivity index (χ4v) is 2.17. The molecule has 0 bridgehead atoms. The van der Waals surface area contributed by atoms with Gasteiger partial charge >= 0.3 is 17.9 Å². The smallest absolute Gasteiger partial charge is 0.343 e. The minimum Gasteiger partial charge on any atom is -0.493 e. The Labute approximate surface area is 173 Å². The highest BCUT2D eigenvalue weighted by molar-refractivity contribution is 5.91. The SMILES string of the molecule is C=CC(=O)OCOc1ccc(C(=O)Oc2ccc(/C=C/C(=O)OC)cc2OC)cc1. The Balaban J connectivity index is 2.02. The number of rotatable bonds is 9. The molecule has 8 heteroatoms. The highest BCUT2D eigenvalue weighted by Crippen LogP contribution is 2.29. The van der Waals surface area contributed by atoms with Gasteiger partial charge in [-0.05, 0) is 48.0 Å². The molecule has 0 N–H and O–H groups in total. The summed E-state index contributed by atoms with van der Waals surface area (Å²) < 4.78 is 25.1. The molecule has 0 heterocycles. The van der Waals surface area contributed by atoms with Gasteiger partial charge in [0, 0.05) is 12.2 Å². The lowest BCUT2D eigenvalue weighted by Gasteiger charge is -2.10. The summed E-state index contributed by atoms with van der Waals surface area (Å²) in [6, 6.07) is 10.9. The third-order valence-electron chi connectivity index (χ3n) is 3.69. The Kier molecular flexibility index (Phi) is 8.19. The van der Waals surface area contributed by atoms with Crippen LogP contribution >= 0.6 is 0 Å². The maximum absolute atomic E-state index is 12.4. The average molecular weight is 412 g/mol. The van der Waals surface area contributed by atoms with Gasteiger partial charge in [-0.15, -0.1) is 0 Å². The summed E-state index contributed by atoms with van der Waals surface area (Å²) in [5.41, 5.74) is 0.942. The molecule has 0 spiro atoms. The third kappa shape index (κ3) is 6.52. The molecule has 0 unspecified atom stereocenters. The summed E-state index contributed by atoms with van der Waals surface area (Å²) in [5.74, 6) is -0.751. The van der Waals surface area contributed by atoms with E-state index in [2.05, 4.69) is 11.3 Å². The molecule has 2 aromatic rings. The molecular weight excluding hydrogens is 392 g/mol. The van der Waals surface area contributed by atoms with E-state index in [4.69, 9.17) is 18.9 Å². The number of ether oxygens (including phenoxy) is 5.